The Bertz CT molecular complexity index is 233. The fourth-order valence-electron chi connectivity index (χ4n) is 0.794. The van der Waals surface area contributed by atoms with Crippen LogP contribution in [0.25, 0.3) is 0 Å². The predicted molar refractivity (Wildman–Crippen MR) is 49.4 cm³/mol. The van der Waals surface area contributed by atoms with Gasteiger partial charge in [0, 0.05) is 6.54 Å². The minimum atomic E-state index is -0.00838. The highest BCUT2D eigenvalue weighted by Crippen LogP contribution is 2.04. The van der Waals surface area contributed by atoms with Crippen LogP contribution >= 0.6 is 11.3 Å². The van der Waals surface area contributed by atoms with Crippen molar-refractivity contribution in [2.75, 3.05) is 6.54 Å². The molecule has 0 fully saturated rings. The third-order valence-corrected chi connectivity index (χ3v) is 2.24. The van der Waals surface area contributed by atoms with E-state index in [1.54, 1.807) is 11.7 Å². The molecule has 0 aliphatic carbocycles. The molecule has 1 heterocycles. The van der Waals surface area contributed by atoms with Gasteiger partial charge >= 0.3 is 0 Å². The number of carbonyl (C=O) groups excluding carboxylic acids is 1. The molecule has 0 unspecified atom stereocenters. The molecule has 1 rings (SSSR count). The van der Waals surface area contributed by atoms with Crippen molar-refractivity contribution in [1.82, 2.24) is 10.3 Å². The van der Waals surface area contributed by atoms with E-state index in [0.717, 1.165) is 19.4 Å². The molecule has 0 aliphatic rings. The Morgan fingerprint density at radius 3 is 3.17 bits per heavy atom. The van der Waals surface area contributed by atoms with Gasteiger partial charge in [-0.05, 0) is 6.42 Å². The minimum Gasteiger partial charge on any atom is -0.351 e. The molecule has 0 atom stereocenters. The Kier molecular flexibility index (Phi) is 3.73. The first-order valence-electron chi connectivity index (χ1n) is 4.01. The summed E-state index contributed by atoms with van der Waals surface area (Å²) in [5.74, 6) is -0.00838. The molecule has 0 aromatic carbocycles. The van der Waals surface area contributed by atoms with Crippen LogP contribution in [-0.4, -0.2) is 17.4 Å². The summed E-state index contributed by atoms with van der Waals surface area (Å²) in [6, 6.07) is 0. The number of thiazole rings is 1. The molecular formula is C8H12N2OS. The Morgan fingerprint density at radius 2 is 2.58 bits per heavy atom. The lowest BCUT2D eigenvalue weighted by atomic mass is 10.3. The van der Waals surface area contributed by atoms with Crippen LogP contribution in [0.1, 0.15) is 29.4 Å². The summed E-state index contributed by atoms with van der Waals surface area (Å²) in [6.45, 7) is 2.85. The van der Waals surface area contributed by atoms with Gasteiger partial charge in [0.05, 0.1) is 11.7 Å². The van der Waals surface area contributed by atoms with Crippen molar-refractivity contribution in [1.29, 1.82) is 0 Å². The Balaban J connectivity index is 2.30. The minimum absolute atomic E-state index is 0.00838. The lowest BCUT2D eigenvalue weighted by molar-refractivity contribution is 0.0957. The van der Waals surface area contributed by atoms with E-state index in [1.807, 2.05) is 0 Å². The molecule has 0 saturated heterocycles. The third kappa shape index (κ3) is 2.62. The summed E-state index contributed by atoms with van der Waals surface area (Å²) in [4.78, 5) is 15.8. The van der Waals surface area contributed by atoms with E-state index in [2.05, 4.69) is 17.2 Å². The first-order chi connectivity index (χ1) is 5.84. The first kappa shape index (κ1) is 9.19. The normalized spacial score (nSPS) is 9.75. The van der Waals surface area contributed by atoms with Crippen LogP contribution in [0.4, 0.5) is 0 Å². The number of nitrogens with zero attached hydrogens (tertiary/aromatic N) is 1. The van der Waals surface area contributed by atoms with Crippen LogP contribution in [0.15, 0.2) is 11.7 Å². The van der Waals surface area contributed by atoms with Gasteiger partial charge in [0.25, 0.3) is 5.91 Å². The van der Waals surface area contributed by atoms with Crippen molar-refractivity contribution in [3.63, 3.8) is 0 Å². The maximum Gasteiger partial charge on any atom is 0.262 e. The first-order valence-corrected chi connectivity index (χ1v) is 4.89. The van der Waals surface area contributed by atoms with Gasteiger partial charge in [0.2, 0.25) is 0 Å². The average Bonchev–Trinajstić information content (AvgIpc) is 2.56. The number of nitrogens with one attached hydrogen (secondary N) is 1. The number of hydrogen-bond acceptors (Lipinski definition) is 3. The van der Waals surface area contributed by atoms with Crippen molar-refractivity contribution in [2.24, 2.45) is 0 Å². The average molecular weight is 184 g/mol. The van der Waals surface area contributed by atoms with E-state index >= 15 is 0 Å². The van der Waals surface area contributed by atoms with Gasteiger partial charge < -0.3 is 5.32 Å². The van der Waals surface area contributed by atoms with Crippen LogP contribution < -0.4 is 5.32 Å². The summed E-state index contributed by atoms with van der Waals surface area (Å²) in [6.07, 6.45) is 3.72. The van der Waals surface area contributed by atoms with E-state index < -0.39 is 0 Å². The topological polar surface area (TPSA) is 42.0 Å². The van der Waals surface area contributed by atoms with Crippen molar-refractivity contribution in [3.8, 4) is 0 Å². The number of amides is 1. The SMILES string of the molecule is CCCCNC(=O)c1cncs1. The molecule has 0 radical (unpaired) electrons. The maximum atomic E-state index is 11.2. The predicted octanol–water partition coefficient (Wildman–Crippen LogP) is 1.67. The van der Waals surface area contributed by atoms with Crippen molar-refractivity contribution < 1.29 is 4.79 Å². The number of carbonyl (C=O) groups is 1. The van der Waals surface area contributed by atoms with Crippen LogP contribution in [0, 0.1) is 0 Å². The quantitative estimate of drug-likeness (QED) is 0.723. The van der Waals surface area contributed by atoms with Gasteiger partial charge in [-0.3, -0.25) is 9.78 Å². The van der Waals surface area contributed by atoms with Gasteiger partial charge in [-0.1, -0.05) is 13.3 Å². The van der Waals surface area contributed by atoms with Gasteiger partial charge in [-0.25, -0.2) is 0 Å². The van der Waals surface area contributed by atoms with Gasteiger partial charge in [0.15, 0.2) is 0 Å². The summed E-state index contributed by atoms with van der Waals surface area (Å²) in [5.41, 5.74) is 1.66. The Hall–Kier alpha value is -0.900. The second-order valence-corrected chi connectivity index (χ2v) is 3.36. The lowest BCUT2D eigenvalue weighted by Gasteiger charge is -1.99. The number of rotatable bonds is 4. The highest BCUT2D eigenvalue weighted by atomic mass is 32.1. The zero-order valence-corrected chi connectivity index (χ0v) is 7.86. The molecular weight excluding hydrogens is 172 g/mol. The monoisotopic (exact) mass is 184 g/mol. The van der Waals surface area contributed by atoms with E-state index in [0.29, 0.717) is 4.88 Å². The molecule has 1 amide bonds. The van der Waals surface area contributed by atoms with Crippen molar-refractivity contribution in [3.05, 3.63) is 16.6 Å². The summed E-state index contributed by atoms with van der Waals surface area (Å²) in [7, 11) is 0. The van der Waals surface area contributed by atoms with Crippen LogP contribution in [0.2, 0.25) is 0 Å². The molecule has 0 bridgehead atoms. The van der Waals surface area contributed by atoms with E-state index in [4.69, 9.17) is 0 Å². The van der Waals surface area contributed by atoms with E-state index in [9.17, 15) is 4.79 Å². The molecule has 66 valence electrons. The number of unbranched alkanes of at least 4 members (excludes halogenated alkanes) is 1. The molecule has 3 nitrogen and oxygen atoms in total. The second kappa shape index (κ2) is 4.87. The molecule has 1 N–H and O–H groups in total. The molecule has 4 heteroatoms. The highest BCUT2D eigenvalue weighted by molar-refractivity contribution is 7.11. The van der Waals surface area contributed by atoms with Crippen LogP contribution in [-0.2, 0) is 0 Å². The van der Waals surface area contributed by atoms with Crippen molar-refractivity contribution >= 4 is 17.2 Å². The maximum absolute atomic E-state index is 11.2. The van der Waals surface area contributed by atoms with Gasteiger partial charge in [-0.15, -0.1) is 11.3 Å². The fraction of sp³-hybridized carbons (Fsp3) is 0.500. The molecule has 12 heavy (non-hydrogen) atoms. The lowest BCUT2D eigenvalue weighted by Crippen LogP contribution is -2.23. The van der Waals surface area contributed by atoms with Gasteiger partial charge in [0.1, 0.15) is 4.88 Å². The molecule has 1 aromatic rings. The number of aromatic nitrogens is 1. The molecule has 0 spiro atoms. The second-order valence-electron chi connectivity index (χ2n) is 2.48. The molecule has 1 aromatic heterocycles. The Morgan fingerprint density at radius 1 is 1.75 bits per heavy atom. The van der Waals surface area contributed by atoms with Gasteiger partial charge in [-0.2, -0.15) is 0 Å². The summed E-state index contributed by atoms with van der Waals surface area (Å²) < 4.78 is 0. The summed E-state index contributed by atoms with van der Waals surface area (Å²) in [5, 5.41) is 2.82. The third-order valence-electron chi connectivity index (χ3n) is 1.47. The van der Waals surface area contributed by atoms with E-state index in [-0.39, 0.29) is 5.91 Å². The number of hydrogen-bond donors (Lipinski definition) is 1. The summed E-state index contributed by atoms with van der Waals surface area (Å²) >= 11 is 1.37. The highest BCUT2D eigenvalue weighted by Gasteiger charge is 2.04. The largest absolute Gasteiger partial charge is 0.351 e. The zero-order chi connectivity index (χ0) is 8.81. The standard InChI is InChI=1S/C8H12N2OS/c1-2-3-4-10-8(11)7-5-9-6-12-7/h5-6H,2-4H2,1H3,(H,10,11). The van der Waals surface area contributed by atoms with Crippen LogP contribution in [0.5, 0.6) is 0 Å². The van der Waals surface area contributed by atoms with E-state index in [1.165, 1.54) is 11.3 Å². The zero-order valence-electron chi connectivity index (χ0n) is 7.04. The van der Waals surface area contributed by atoms with Crippen molar-refractivity contribution in [2.45, 2.75) is 19.8 Å². The fourth-order valence-corrected chi connectivity index (χ4v) is 1.33. The Labute approximate surface area is 75.8 Å². The molecule has 0 saturated carbocycles. The van der Waals surface area contributed by atoms with Crippen LogP contribution in [0.3, 0.4) is 0 Å². The smallest absolute Gasteiger partial charge is 0.262 e. The molecule has 0 aliphatic heterocycles.